The molecule has 0 radical (unpaired) electrons. The topological polar surface area (TPSA) is 17.1 Å². The first-order chi connectivity index (χ1) is 9.78. The van der Waals surface area contributed by atoms with Crippen molar-refractivity contribution < 1.29 is 4.79 Å². The fourth-order valence-corrected chi connectivity index (χ4v) is 3.41. The highest BCUT2D eigenvalue weighted by Gasteiger charge is 2.12. The van der Waals surface area contributed by atoms with Crippen LogP contribution in [-0.2, 0) is 12.8 Å². The van der Waals surface area contributed by atoms with Crippen molar-refractivity contribution in [3.05, 3.63) is 69.9 Å². The number of carbonyl (C=O) groups is 1. The van der Waals surface area contributed by atoms with Gasteiger partial charge in [-0.25, -0.2) is 0 Å². The highest BCUT2D eigenvalue weighted by atomic mass is 32.1. The van der Waals surface area contributed by atoms with Crippen LogP contribution in [0.1, 0.15) is 27.7 Å². The average molecular weight is 280 g/mol. The van der Waals surface area contributed by atoms with E-state index in [2.05, 4.69) is 43.3 Å². The van der Waals surface area contributed by atoms with Crippen molar-refractivity contribution in [2.24, 2.45) is 0 Å². The first kappa shape index (κ1) is 13.1. The quantitative estimate of drug-likeness (QED) is 0.622. The lowest BCUT2D eigenvalue weighted by Gasteiger charge is -2.04. The summed E-state index contributed by atoms with van der Waals surface area (Å²) in [5.41, 5.74) is 2.25. The molecule has 0 amide bonds. The van der Waals surface area contributed by atoms with Crippen LogP contribution in [0, 0.1) is 0 Å². The van der Waals surface area contributed by atoms with E-state index in [0.29, 0.717) is 6.42 Å². The number of thiophene rings is 1. The van der Waals surface area contributed by atoms with E-state index in [0.717, 1.165) is 16.9 Å². The maximum absolute atomic E-state index is 12.4. The Morgan fingerprint density at radius 2 is 1.85 bits per heavy atom. The Balaban J connectivity index is 1.87. The van der Waals surface area contributed by atoms with E-state index in [4.69, 9.17) is 0 Å². The van der Waals surface area contributed by atoms with Gasteiger partial charge in [-0.15, -0.1) is 11.3 Å². The van der Waals surface area contributed by atoms with E-state index in [1.165, 1.54) is 16.3 Å². The smallest absolute Gasteiger partial charge is 0.177 e. The van der Waals surface area contributed by atoms with E-state index in [1.807, 2.05) is 17.5 Å². The van der Waals surface area contributed by atoms with Crippen molar-refractivity contribution in [2.45, 2.75) is 19.8 Å². The molecular formula is C18H16OS. The predicted octanol–water partition coefficient (Wildman–Crippen LogP) is 4.89. The molecular weight excluding hydrogens is 264 g/mol. The molecule has 20 heavy (non-hydrogen) atoms. The third kappa shape index (κ3) is 2.52. The molecule has 3 aromatic rings. The summed E-state index contributed by atoms with van der Waals surface area (Å²) < 4.78 is 0. The third-order valence-electron chi connectivity index (χ3n) is 3.56. The minimum atomic E-state index is 0.229. The highest BCUT2D eigenvalue weighted by Crippen LogP contribution is 2.21. The van der Waals surface area contributed by atoms with E-state index < -0.39 is 0 Å². The van der Waals surface area contributed by atoms with Gasteiger partial charge < -0.3 is 0 Å². The molecule has 0 N–H and O–H groups in total. The van der Waals surface area contributed by atoms with Crippen LogP contribution in [-0.4, -0.2) is 5.78 Å². The molecule has 1 nitrogen and oxygen atoms in total. The van der Waals surface area contributed by atoms with Crippen LogP contribution < -0.4 is 0 Å². The Hall–Kier alpha value is -1.93. The summed E-state index contributed by atoms with van der Waals surface area (Å²) in [6, 6.07) is 16.6. The van der Waals surface area contributed by atoms with E-state index in [9.17, 15) is 4.79 Å². The second kappa shape index (κ2) is 5.59. The second-order valence-corrected chi connectivity index (χ2v) is 5.83. The van der Waals surface area contributed by atoms with E-state index >= 15 is 0 Å². The van der Waals surface area contributed by atoms with Crippen molar-refractivity contribution in [2.75, 3.05) is 0 Å². The van der Waals surface area contributed by atoms with Gasteiger partial charge in [0.25, 0.3) is 0 Å². The van der Waals surface area contributed by atoms with Gasteiger partial charge in [0.2, 0.25) is 0 Å². The fourth-order valence-electron chi connectivity index (χ4n) is 2.47. The summed E-state index contributed by atoms with van der Waals surface area (Å²) in [6.45, 7) is 2.09. The first-order valence-corrected chi connectivity index (χ1v) is 7.73. The molecule has 2 aromatic carbocycles. The van der Waals surface area contributed by atoms with E-state index in [-0.39, 0.29) is 5.78 Å². The molecule has 0 saturated carbocycles. The van der Waals surface area contributed by atoms with Crippen LogP contribution in [0.5, 0.6) is 0 Å². The molecule has 0 aliphatic rings. The average Bonchev–Trinajstić information content (AvgIpc) is 2.95. The molecule has 0 spiro atoms. The van der Waals surface area contributed by atoms with Crippen molar-refractivity contribution in [3.63, 3.8) is 0 Å². The monoisotopic (exact) mass is 280 g/mol. The normalized spacial score (nSPS) is 10.8. The van der Waals surface area contributed by atoms with Gasteiger partial charge >= 0.3 is 0 Å². The Morgan fingerprint density at radius 3 is 2.65 bits per heavy atom. The maximum Gasteiger partial charge on any atom is 0.177 e. The molecule has 0 saturated heterocycles. The summed E-state index contributed by atoms with van der Waals surface area (Å²) in [6.07, 6.45) is 1.40. The number of ketones is 1. The molecule has 0 aliphatic carbocycles. The van der Waals surface area contributed by atoms with Gasteiger partial charge in [-0.05, 0) is 39.8 Å². The van der Waals surface area contributed by atoms with Crippen LogP contribution in [0.3, 0.4) is 0 Å². The summed E-state index contributed by atoms with van der Waals surface area (Å²) in [5.74, 6) is 0.229. The van der Waals surface area contributed by atoms with Crippen LogP contribution in [0.4, 0.5) is 0 Å². The van der Waals surface area contributed by atoms with Crippen molar-refractivity contribution in [3.8, 4) is 0 Å². The number of rotatable bonds is 4. The van der Waals surface area contributed by atoms with Crippen LogP contribution in [0.2, 0.25) is 0 Å². The number of Topliss-reactive ketones (excluding diaryl/α,β-unsaturated/α-hetero) is 1. The van der Waals surface area contributed by atoms with Crippen LogP contribution in [0.15, 0.2) is 53.9 Å². The SMILES string of the molecule is CCc1ccsc1C(=O)Cc1ccc2ccccc2c1. The summed E-state index contributed by atoms with van der Waals surface area (Å²) in [5, 5.41) is 4.42. The summed E-state index contributed by atoms with van der Waals surface area (Å²) >= 11 is 1.56. The Bertz CT molecular complexity index is 755. The standard InChI is InChI=1S/C18H16OS/c1-2-14-9-10-20-18(14)17(19)12-13-7-8-15-5-3-4-6-16(15)11-13/h3-11H,2,12H2,1H3. The fraction of sp³-hybridized carbons (Fsp3) is 0.167. The van der Waals surface area contributed by atoms with Crippen molar-refractivity contribution >= 4 is 27.9 Å². The molecule has 0 fully saturated rings. The minimum absolute atomic E-state index is 0.229. The molecule has 3 rings (SSSR count). The second-order valence-electron chi connectivity index (χ2n) is 4.91. The van der Waals surface area contributed by atoms with Gasteiger partial charge in [-0.2, -0.15) is 0 Å². The number of benzene rings is 2. The highest BCUT2D eigenvalue weighted by molar-refractivity contribution is 7.12. The maximum atomic E-state index is 12.4. The van der Waals surface area contributed by atoms with Crippen LogP contribution >= 0.6 is 11.3 Å². The number of carbonyl (C=O) groups excluding carboxylic acids is 1. The van der Waals surface area contributed by atoms with Gasteiger partial charge in [0.1, 0.15) is 0 Å². The summed E-state index contributed by atoms with van der Waals surface area (Å²) in [7, 11) is 0. The van der Waals surface area contributed by atoms with Gasteiger partial charge in [0.05, 0.1) is 4.88 Å². The van der Waals surface area contributed by atoms with E-state index in [1.54, 1.807) is 11.3 Å². The van der Waals surface area contributed by atoms with Crippen LogP contribution in [0.25, 0.3) is 10.8 Å². The van der Waals surface area contributed by atoms with Gasteiger partial charge in [-0.3, -0.25) is 4.79 Å². The van der Waals surface area contributed by atoms with Gasteiger partial charge in [0.15, 0.2) is 5.78 Å². The lowest BCUT2D eigenvalue weighted by atomic mass is 10.0. The lowest BCUT2D eigenvalue weighted by molar-refractivity contribution is 0.0996. The zero-order chi connectivity index (χ0) is 13.9. The van der Waals surface area contributed by atoms with Gasteiger partial charge in [0, 0.05) is 6.42 Å². The summed E-state index contributed by atoms with van der Waals surface area (Å²) in [4.78, 5) is 13.3. The molecule has 0 bridgehead atoms. The largest absolute Gasteiger partial charge is 0.293 e. The third-order valence-corrected chi connectivity index (χ3v) is 4.56. The Labute approximate surface area is 122 Å². The Morgan fingerprint density at radius 1 is 1.05 bits per heavy atom. The molecule has 0 atom stereocenters. The molecule has 2 heteroatoms. The molecule has 0 aliphatic heterocycles. The predicted molar refractivity (Wildman–Crippen MR) is 85.7 cm³/mol. The Kier molecular flexibility index (Phi) is 3.66. The number of aryl methyl sites for hydroxylation is 1. The lowest BCUT2D eigenvalue weighted by Crippen LogP contribution is -2.03. The van der Waals surface area contributed by atoms with Crippen molar-refractivity contribution in [1.82, 2.24) is 0 Å². The first-order valence-electron chi connectivity index (χ1n) is 6.85. The zero-order valence-corrected chi connectivity index (χ0v) is 12.2. The van der Waals surface area contributed by atoms with Gasteiger partial charge in [-0.1, -0.05) is 49.4 Å². The number of hydrogen-bond acceptors (Lipinski definition) is 2. The minimum Gasteiger partial charge on any atom is -0.293 e. The number of hydrogen-bond donors (Lipinski definition) is 0. The molecule has 1 aromatic heterocycles. The number of fused-ring (bicyclic) bond motifs is 1. The molecule has 1 heterocycles. The van der Waals surface area contributed by atoms with Crippen molar-refractivity contribution in [1.29, 1.82) is 0 Å². The molecule has 100 valence electrons. The zero-order valence-electron chi connectivity index (χ0n) is 11.4. The molecule has 0 unspecified atom stereocenters.